The second-order valence-corrected chi connectivity index (χ2v) is 17.2. The zero-order chi connectivity index (χ0) is 46.1. The van der Waals surface area contributed by atoms with Crippen LogP contribution in [0.3, 0.4) is 0 Å². The minimum atomic E-state index is -1.27. The maximum absolute atomic E-state index is 15.0. The highest BCUT2D eigenvalue weighted by Crippen LogP contribution is 2.37. The van der Waals surface area contributed by atoms with E-state index in [1.165, 1.54) is 0 Å². The number of fused-ring (bicyclic) bond motifs is 2. The number of hydrazine groups is 1. The number of aromatic nitrogens is 1. The van der Waals surface area contributed by atoms with Crippen LogP contribution in [-0.4, -0.2) is 100 Å². The molecule has 0 spiro atoms. The summed E-state index contributed by atoms with van der Waals surface area (Å²) in [4.78, 5) is 61.9. The summed E-state index contributed by atoms with van der Waals surface area (Å²) in [5, 5.41) is 28.0. The summed E-state index contributed by atoms with van der Waals surface area (Å²) in [5.41, 5.74) is 9.96. The molecule has 2 aliphatic rings. The number of hydrogen-bond acceptors (Lipinski definition) is 9. The van der Waals surface area contributed by atoms with E-state index < -0.39 is 47.4 Å². The molecule has 0 aliphatic carbocycles. The van der Waals surface area contributed by atoms with Crippen LogP contribution in [0.1, 0.15) is 63.1 Å². The molecule has 1 saturated heterocycles. The van der Waals surface area contributed by atoms with Gasteiger partial charge >= 0.3 is 12.1 Å². The molecule has 15 heteroatoms. The number of aliphatic hydroxyl groups is 1. The third-order valence-electron chi connectivity index (χ3n) is 13.0. The summed E-state index contributed by atoms with van der Waals surface area (Å²) in [6.07, 6.45) is 0.582. The van der Waals surface area contributed by atoms with Gasteiger partial charge in [0.15, 0.2) is 11.5 Å². The molecule has 6 unspecified atom stereocenters. The number of hydrogen-bond donors (Lipinski definition) is 6. The SMILES string of the molecule is CCC(C)C(C(=O)NC(C(O)CNNC(=O)C(C)(CC)CNC(=O)O)C(Cc1cccc(-c2ccc3c(c2)OCO3)c1)c1ccccc1)N1CCN(Cc2ccnc3ccccc23)C1=O. The predicted octanol–water partition coefficient (Wildman–Crippen LogP) is 6.46. The van der Waals surface area contributed by atoms with Crippen molar-refractivity contribution in [1.29, 1.82) is 0 Å². The second kappa shape index (κ2) is 20.9. The normalized spacial score (nSPS) is 16.6. The molecule has 15 nitrogen and oxygen atoms in total. The number of ether oxygens (including phenoxy) is 2. The number of carboxylic acid groups (broad SMARTS) is 1. The predicted molar refractivity (Wildman–Crippen MR) is 247 cm³/mol. The van der Waals surface area contributed by atoms with Crippen molar-refractivity contribution < 1.29 is 38.9 Å². The molecule has 0 saturated carbocycles. The first kappa shape index (κ1) is 46.3. The van der Waals surface area contributed by atoms with E-state index in [4.69, 9.17) is 9.47 Å². The number of aliphatic hydroxyl groups excluding tert-OH is 1. The molecule has 1 fully saturated rings. The second-order valence-electron chi connectivity index (χ2n) is 17.2. The monoisotopic (exact) mass is 885 g/mol. The van der Waals surface area contributed by atoms with Crippen molar-refractivity contribution in [2.24, 2.45) is 11.3 Å². The van der Waals surface area contributed by atoms with Gasteiger partial charge in [0.1, 0.15) is 6.04 Å². The molecule has 6 atom stereocenters. The highest BCUT2D eigenvalue weighted by molar-refractivity contribution is 5.89. The topological polar surface area (TPSA) is 195 Å². The number of rotatable bonds is 20. The number of para-hydroxylation sites is 1. The Morgan fingerprint density at radius 2 is 1.65 bits per heavy atom. The van der Waals surface area contributed by atoms with Crippen LogP contribution < -0.4 is 31.0 Å². The molecule has 65 heavy (non-hydrogen) atoms. The first-order chi connectivity index (χ1) is 31.4. The van der Waals surface area contributed by atoms with Crippen molar-refractivity contribution in [2.75, 3.05) is 33.0 Å². The van der Waals surface area contributed by atoms with Crippen LogP contribution in [0.15, 0.2) is 109 Å². The molecule has 342 valence electrons. The lowest BCUT2D eigenvalue weighted by molar-refractivity contribution is -0.132. The zero-order valence-corrected chi connectivity index (χ0v) is 37.3. The van der Waals surface area contributed by atoms with Gasteiger partial charge in [-0.25, -0.2) is 15.0 Å². The lowest BCUT2D eigenvalue weighted by atomic mass is 9.82. The van der Waals surface area contributed by atoms with Crippen molar-refractivity contribution in [2.45, 2.75) is 77.6 Å². The van der Waals surface area contributed by atoms with Gasteiger partial charge in [-0.2, -0.15) is 0 Å². The summed E-state index contributed by atoms with van der Waals surface area (Å²) in [6, 6.07) is 31.2. The molecule has 3 heterocycles. The summed E-state index contributed by atoms with van der Waals surface area (Å²) in [5.74, 6) is -0.247. The Balaban J connectivity index is 1.18. The van der Waals surface area contributed by atoms with Gasteiger partial charge in [0.2, 0.25) is 18.6 Å². The Morgan fingerprint density at radius 1 is 0.892 bits per heavy atom. The van der Waals surface area contributed by atoms with E-state index in [2.05, 4.69) is 32.5 Å². The Kier molecular flexibility index (Phi) is 14.9. The fraction of sp³-hybridized carbons (Fsp3) is 0.380. The zero-order valence-electron chi connectivity index (χ0n) is 37.3. The van der Waals surface area contributed by atoms with E-state index in [1.807, 2.05) is 111 Å². The third kappa shape index (κ3) is 10.8. The largest absolute Gasteiger partial charge is 0.465 e. The lowest BCUT2D eigenvalue weighted by Gasteiger charge is -2.37. The Labute approximate surface area is 379 Å². The van der Waals surface area contributed by atoms with E-state index in [1.54, 1.807) is 29.8 Å². The summed E-state index contributed by atoms with van der Waals surface area (Å²) >= 11 is 0. The van der Waals surface area contributed by atoms with Crippen LogP contribution in [-0.2, 0) is 22.6 Å². The van der Waals surface area contributed by atoms with E-state index in [0.29, 0.717) is 50.4 Å². The van der Waals surface area contributed by atoms with Crippen molar-refractivity contribution in [3.63, 3.8) is 0 Å². The van der Waals surface area contributed by atoms with Crippen molar-refractivity contribution in [1.82, 2.24) is 36.3 Å². The van der Waals surface area contributed by atoms with Crippen molar-refractivity contribution in [3.8, 4) is 22.6 Å². The van der Waals surface area contributed by atoms with E-state index in [-0.39, 0.29) is 31.8 Å². The Hall–Kier alpha value is -6.71. The fourth-order valence-corrected chi connectivity index (χ4v) is 8.66. The van der Waals surface area contributed by atoms with Crippen LogP contribution in [0.4, 0.5) is 9.59 Å². The van der Waals surface area contributed by atoms with Gasteiger partial charge in [-0.1, -0.05) is 106 Å². The fourth-order valence-electron chi connectivity index (χ4n) is 8.66. The highest BCUT2D eigenvalue weighted by atomic mass is 16.7. The molecule has 2 aliphatic heterocycles. The minimum Gasteiger partial charge on any atom is -0.465 e. The van der Waals surface area contributed by atoms with Gasteiger partial charge < -0.3 is 40.1 Å². The molecular formula is C50H59N7O8. The number of carbonyl (C=O) groups excluding carboxylic acids is 3. The molecule has 6 N–H and O–H groups in total. The Bertz CT molecular complexity index is 2470. The standard InChI is InChI=1S/C50H59N7O8/c1-5-32(3)45(57-24-23-56(49(57)63)29-37-21-22-51-40-18-11-10-17-38(37)40)46(59)54-44(41(58)28-53-55-47(60)50(4,6-2)30-52-48(61)62)39(34-14-8-7-9-15-34)26-33-13-12-16-35(25-33)36-19-20-42-43(27-36)65-31-64-42/h7-22,25,27,32,39,41,44-45,52-53,58H,5-6,23-24,26,28-31H2,1-4H3,(H,54,59)(H,55,60)(H,61,62). The van der Waals surface area contributed by atoms with Crippen molar-refractivity contribution >= 4 is 34.8 Å². The van der Waals surface area contributed by atoms with Crippen LogP contribution in [0, 0.1) is 11.3 Å². The molecular weight excluding hydrogens is 827 g/mol. The van der Waals surface area contributed by atoms with Gasteiger partial charge in [-0.3, -0.25) is 20.0 Å². The highest BCUT2D eigenvalue weighted by Gasteiger charge is 2.42. The third-order valence-corrected chi connectivity index (χ3v) is 13.0. The average Bonchev–Trinajstić information content (AvgIpc) is 3.95. The molecule has 7 rings (SSSR count). The number of nitrogens with zero attached hydrogens (tertiary/aromatic N) is 3. The maximum Gasteiger partial charge on any atom is 0.404 e. The van der Waals surface area contributed by atoms with Crippen LogP contribution in [0.25, 0.3) is 22.0 Å². The van der Waals surface area contributed by atoms with Gasteiger partial charge in [-0.15, -0.1) is 0 Å². The average molecular weight is 886 g/mol. The van der Waals surface area contributed by atoms with Gasteiger partial charge in [-0.05, 0) is 77.8 Å². The molecule has 1 aromatic heterocycles. The summed E-state index contributed by atoms with van der Waals surface area (Å²) in [7, 11) is 0. The van der Waals surface area contributed by atoms with Crippen molar-refractivity contribution in [3.05, 3.63) is 126 Å². The molecule has 0 radical (unpaired) electrons. The molecule has 4 aromatic carbocycles. The number of nitrogens with one attached hydrogen (secondary N) is 4. The van der Waals surface area contributed by atoms with Crippen LogP contribution in [0.2, 0.25) is 0 Å². The van der Waals surface area contributed by atoms with Gasteiger partial charge in [0, 0.05) is 50.2 Å². The maximum atomic E-state index is 15.0. The van der Waals surface area contributed by atoms with E-state index in [0.717, 1.165) is 38.7 Å². The number of urea groups is 1. The van der Waals surface area contributed by atoms with Gasteiger partial charge in [0.05, 0.1) is 23.1 Å². The molecule has 5 amide bonds. The lowest BCUT2D eigenvalue weighted by Crippen LogP contribution is -2.59. The Morgan fingerprint density at radius 3 is 2.42 bits per heavy atom. The number of amides is 5. The number of carbonyl (C=O) groups is 4. The first-order valence-corrected chi connectivity index (χ1v) is 22.3. The van der Waals surface area contributed by atoms with E-state index >= 15 is 4.79 Å². The van der Waals surface area contributed by atoms with Crippen LogP contribution in [0.5, 0.6) is 11.5 Å². The summed E-state index contributed by atoms with van der Waals surface area (Å²) < 4.78 is 11.2. The minimum absolute atomic E-state index is 0.113. The van der Waals surface area contributed by atoms with E-state index in [9.17, 15) is 24.6 Å². The summed E-state index contributed by atoms with van der Waals surface area (Å²) in [6.45, 7) is 8.38. The molecule has 5 aromatic rings. The first-order valence-electron chi connectivity index (χ1n) is 22.3. The number of pyridine rings is 1. The number of benzene rings is 4. The molecule has 0 bridgehead atoms. The quantitative estimate of drug-likeness (QED) is 0.0473. The van der Waals surface area contributed by atoms with Crippen LogP contribution >= 0.6 is 0 Å². The van der Waals surface area contributed by atoms with Gasteiger partial charge in [0.25, 0.3) is 0 Å². The smallest absolute Gasteiger partial charge is 0.404 e.